The fourth-order valence-electron chi connectivity index (χ4n) is 1.64. The van der Waals surface area contributed by atoms with E-state index >= 15 is 0 Å². The highest BCUT2D eigenvalue weighted by atomic mass is 35.5. The number of rotatable bonds is 7. The second-order valence-electron chi connectivity index (χ2n) is 4.09. The second-order valence-corrected chi connectivity index (χ2v) is 4.50. The first-order valence-corrected chi connectivity index (χ1v) is 6.22. The maximum absolute atomic E-state index is 11.0. The summed E-state index contributed by atoms with van der Waals surface area (Å²) in [6.45, 7) is 2.06. The van der Waals surface area contributed by atoms with Gasteiger partial charge in [0.1, 0.15) is 6.04 Å². The Bertz CT molecular complexity index is 479. The molecular weight excluding hydrogens is 272 g/mol. The summed E-state index contributed by atoms with van der Waals surface area (Å²) in [6, 6.07) is 3.42. The Morgan fingerprint density at radius 1 is 1.58 bits per heavy atom. The molecule has 0 aliphatic carbocycles. The summed E-state index contributed by atoms with van der Waals surface area (Å²) in [4.78, 5) is 21.1. The summed E-state index contributed by atoms with van der Waals surface area (Å²) >= 11 is 5.93. The minimum Gasteiger partial charge on any atom is -0.480 e. The van der Waals surface area contributed by atoms with Crippen LogP contribution in [0.15, 0.2) is 18.2 Å². The molecule has 7 heteroatoms. The molecule has 1 rings (SSSR count). The van der Waals surface area contributed by atoms with Crippen molar-refractivity contribution >= 4 is 23.3 Å². The molecule has 0 heterocycles. The third-order valence-electron chi connectivity index (χ3n) is 2.65. The first kappa shape index (κ1) is 15.4. The number of hydrogen-bond donors (Lipinski definition) is 2. The summed E-state index contributed by atoms with van der Waals surface area (Å²) in [6.07, 6.45) is 1.22. The van der Waals surface area contributed by atoms with E-state index in [-0.39, 0.29) is 12.2 Å². The number of carbonyl (C=O) groups is 1. The lowest BCUT2D eigenvalue weighted by Gasteiger charge is -2.14. The number of carboxylic acid groups (broad SMARTS) is 1. The van der Waals surface area contributed by atoms with Crippen molar-refractivity contribution in [3.63, 3.8) is 0 Å². The van der Waals surface area contributed by atoms with Crippen LogP contribution in [-0.4, -0.2) is 22.0 Å². The second kappa shape index (κ2) is 7.06. The molecule has 0 radical (unpaired) electrons. The number of benzene rings is 1. The Kier molecular flexibility index (Phi) is 5.72. The van der Waals surface area contributed by atoms with E-state index in [0.717, 1.165) is 6.42 Å². The zero-order valence-corrected chi connectivity index (χ0v) is 11.2. The van der Waals surface area contributed by atoms with Gasteiger partial charge < -0.3 is 10.4 Å². The van der Waals surface area contributed by atoms with Gasteiger partial charge in [-0.15, -0.1) is 0 Å². The fourth-order valence-corrected chi connectivity index (χ4v) is 1.83. The van der Waals surface area contributed by atoms with Crippen LogP contribution >= 0.6 is 11.6 Å². The smallest absolute Gasteiger partial charge is 0.320 e. The Labute approximate surface area is 115 Å². The molecular formula is C12H15ClN2O4. The molecule has 0 fully saturated rings. The highest BCUT2D eigenvalue weighted by Crippen LogP contribution is 2.22. The third-order valence-corrected chi connectivity index (χ3v) is 3.02. The van der Waals surface area contributed by atoms with Gasteiger partial charge in [-0.1, -0.05) is 24.9 Å². The van der Waals surface area contributed by atoms with Gasteiger partial charge in [0.25, 0.3) is 5.69 Å². The molecule has 0 saturated carbocycles. The first-order chi connectivity index (χ1) is 8.95. The number of non-ortho nitro benzene ring substituents is 1. The van der Waals surface area contributed by atoms with Crippen molar-refractivity contribution in [3.8, 4) is 0 Å². The van der Waals surface area contributed by atoms with Crippen LogP contribution in [0, 0.1) is 10.1 Å². The molecule has 1 atom stereocenters. The molecule has 1 aromatic rings. The quantitative estimate of drug-likeness (QED) is 0.593. The molecule has 19 heavy (non-hydrogen) atoms. The molecule has 0 aliphatic heterocycles. The number of nitro groups is 1. The number of aliphatic carboxylic acids is 1. The average Bonchev–Trinajstić information content (AvgIpc) is 2.35. The maximum Gasteiger partial charge on any atom is 0.320 e. The molecule has 0 saturated heterocycles. The summed E-state index contributed by atoms with van der Waals surface area (Å²) in [7, 11) is 0. The van der Waals surface area contributed by atoms with Gasteiger partial charge in [0.15, 0.2) is 0 Å². The molecule has 1 aromatic carbocycles. The Hall–Kier alpha value is -1.66. The van der Waals surface area contributed by atoms with Crippen molar-refractivity contribution < 1.29 is 14.8 Å². The number of nitro benzene ring substituents is 1. The zero-order chi connectivity index (χ0) is 14.4. The Balaban J connectivity index is 2.78. The van der Waals surface area contributed by atoms with Crippen molar-refractivity contribution in [1.29, 1.82) is 0 Å². The van der Waals surface area contributed by atoms with Crippen LogP contribution in [0.5, 0.6) is 0 Å². The van der Waals surface area contributed by atoms with Crippen LogP contribution < -0.4 is 5.32 Å². The lowest BCUT2D eigenvalue weighted by Crippen LogP contribution is -2.36. The number of carboxylic acids is 1. The highest BCUT2D eigenvalue weighted by molar-refractivity contribution is 6.31. The van der Waals surface area contributed by atoms with Crippen molar-refractivity contribution in [2.75, 3.05) is 0 Å². The monoisotopic (exact) mass is 286 g/mol. The van der Waals surface area contributed by atoms with Gasteiger partial charge in [-0.2, -0.15) is 0 Å². The maximum atomic E-state index is 11.0. The van der Waals surface area contributed by atoms with E-state index in [0.29, 0.717) is 17.0 Å². The van der Waals surface area contributed by atoms with Gasteiger partial charge in [-0.05, 0) is 18.1 Å². The van der Waals surface area contributed by atoms with Crippen molar-refractivity contribution in [2.24, 2.45) is 0 Å². The van der Waals surface area contributed by atoms with Crippen LogP contribution in [0.2, 0.25) is 5.02 Å². The van der Waals surface area contributed by atoms with E-state index < -0.39 is 16.9 Å². The normalized spacial score (nSPS) is 12.1. The predicted octanol–water partition coefficient (Wildman–Crippen LogP) is 2.59. The summed E-state index contributed by atoms with van der Waals surface area (Å²) in [5.74, 6) is -0.941. The van der Waals surface area contributed by atoms with Crippen LogP contribution in [-0.2, 0) is 11.3 Å². The number of nitrogens with zero attached hydrogens (tertiary/aromatic N) is 1. The third kappa shape index (κ3) is 4.50. The minimum atomic E-state index is -0.941. The van der Waals surface area contributed by atoms with Gasteiger partial charge in [0.2, 0.25) is 0 Å². The largest absolute Gasteiger partial charge is 0.480 e. The van der Waals surface area contributed by atoms with Crippen molar-refractivity contribution in [1.82, 2.24) is 5.32 Å². The minimum absolute atomic E-state index is 0.0661. The number of nitrogens with one attached hydrogen (secondary N) is 1. The van der Waals surface area contributed by atoms with E-state index in [9.17, 15) is 14.9 Å². The molecule has 0 bridgehead atoms. The SMILES string of the molecule is CCCC(NCc1cc([N+](=O)[O-])ccc1Cl)C(=O)O. The summed E-state index contributed by atoms with van der Waals surface area (Å²) in [5.41, 5.74) is 0.446. The molecule has 0 amide bonds. The Morgan fingerprint density at radius 3 is 2.79 bits per heavy atom. The lowest BCUT2D eigenvalue weighted by atomic mass is 10.1. The van der Waals surface area contributed by atoms with Gasteiger partial charge in [0, 0.05) is 23.7 Å². The van der Waals surface area contributed by atoms with Crippen LogP contribution in [0.1, 0.15) is 25.3 Å². The van der Waals surface area contributed by atoms with Gasteiger partial charge in [-0.25, -0.2) is 0 Å². The molecule has 0 aliphatic rings. The summed E-state index contributed by atoms with van der Waals surface area (Å²) < 4.78 is 0. The summed E-state index contributed by atoms with van der Waals surface area (Å²) in [5, 5.41) is 22.9. The lowest BCUT2D eigenvalue weighted by molar-refractivity contribution is -0.384. The van der Waals surface area contributed by atoms with Crippen LogP contribution in [0.4, 0.5) is 5.69 Å². The van der Waals surface area contributed by atoms with E-state index in [1.807, 2.05) is 6.92 Å². The topological polar surface area (TPSA) is 92.5 Å². The Morgan fingerprint density at radius 2 is 2.26 bits per heavy atom. The average molecular weight is 287 g/mol. The van der Waals surface area contributed by atoms with E-state index in [4.69, 9.17) is 16.7 Å². The zero-order valence-electron chi connectivity index (χ0n) is 10.4. The van der Waals surface area contributed by atoms with Crippen molar-refractivity contribution in [3.05, 3.63) is 38.9 Å². The molecule has 104 valence electrons. The molecule has 1 unspecified atom stereocenters. The number of hydrogen-bond acceptors (Lipinski definition) is 4. The van der Waals surface area contributed by atoms with Gasteiger partial charge in [-0.3, -0.25) is 14.9 Å². The molecule has 6 nitrogen and oxygen atoms in total. The van der Waals surface area contributed by atoms with E-state index in [2.05, 4.69) is 5.32 Å². The van der Waals surface area contributed by atoms with Gasteiger partial charge in [0.05, 0.1) is 4.92 Å². The fraction of sp³-hybridized carbons (Fsp3) is 0.417. The van der Waals surface area contributed by atoms with Crippen LogP contribution in [0.3, 0.4) is 0 Å². The highest BCUT2D eigenvalue weighted by Gasteiger charge is 2.17. The van der Waals surface area contributed by atoms with Crippen molar-refractivity contribution in [2.45, 2.75) is 32.4 Å². The van der Waals surface area contributed by atoms with Gasteiger partial charge >= 0.3 is 5.97 Å². The predicted molar refractivity (Wildman–Crippen MR) is 71.3 cm³/mol. The standard InChI is InChI=1S/C12H15ClN2O4/c1-2-3-11(12(16)17)14-7-8-6-9(15(18)19)4-5-10(8)13/h4-6,11,14H,2-3,7H2,1H3,(H,16,17). The molecule has 2 N–H and O–H groups in total. The number of halogens is 1. The molecule has 0 aromatic heterocycles. The first-order valence-electron chi connectivity index (χ1n) is 5.84. The van der Waals surface area contributed by atoms with Crippen LogP contribution in [0.25, 0.3) is 0 Å². The van der Waals surface area contributed by atoms with E-state index in [1.54, 1.807) is 0 Å². The molecule has 0 spiro atoms. The van der Waals surface area contributed by atoms with E-state index in [1.165, 1.54) is 18.2 Å².